The molecule has 1 atom stereocenters. The van der Waals surface area contributed by atoms with Crippen LogP contribution in [0.3, 0.4) is 0 Å². The third-order valence-corrected chi connectivity index (χ3v) is 3.33. The Morgan fingerprint density at radius 1 is 1.38 bits per heavy atom. The summed E-state index contributed by atoms with van der Waals surface area (Å²) in [6, 6.07) is 4.63. The van der Waals surface area contributed by atoms with E-state index in [2.05, 4.69) is 5.32 Å². The van der Waals surface area contributed by atoms with E-state index < -0.39 is 18.0 Å². The third-order valence-electron chi connectivity index (χ3n) is 3.33. The Bertz CT molecular complexity index is 583. The number of hydrogen-bond donors (Lipinski definition) is 3. The van der Waals surface area contributed by atoms with E-state index in [1.807, 2.05) is 0 Å². The van der Waals surface area contributed by atoms with Crippen LogP contribution in [-0.4, -0.2) is 40.0 Å². The number of carbonyl (C=O) groups is 3. The molecule has 0 saturated heterocycles. The van der Waals surface area contributed by atoms with Crippen LogP contribution in [0, 0.1) is 0 Å². The van der Waals surface area contributed by atoms with Gasteiger partial charge in [0.05, 0.1) is 0 Å². The molecule has 4 N–H and O–H groups in total. The van der Waals surface area contributed by atoms with Crippen LogP contribution >= 0.6 is 0 Å². The number of carboxylic acid groups (broad SMARTS) is 1. The van der Waals surface area contributed by atoms with Gasteiger partial charge in [-0.05, 0) is 38.0 Å². The van der Waals surface area contributed by atoms with Crippen LogP contribution < -0.4 is 11.1 Å². The van der Waals surface area contributed by atoms with Gasteiger partial charge < -0.3 is 21.1 Å². The monoisotopic (exact) mass is 291 g/mol. The Morgan fingerprint density at radius 3 is 2.57 bits per heavy atom. The second-order valence-corrected chi connectivity index (χ2v) is 5.03. The molecule has 1 aliphatic rings. The molecule has 1 saturated carbocycles. The number of nitrogens with two attached hydrogens (primary N) is 1. The fourth-order valence-corrected chi connectivity index (χ4v) is 2.15. The molecule has 0 bridgehead atoms. The van der Waals surface area contributed by atoms with Crippen molar-refractivity contribution in [1.82, 2.24) is 4.90 Å². The number of anilines is 1. The maximum atomic E-state index is 12.5. The molecule has 1 aromatic carbocycles. The number of carboxylic acids is 1. The van der Waals surface area contributed by atoms with Crippen molar-refractivity contribution in [2.75, 3.05) is 5.32 Å². The average Bonchev–Trinajstić information content (AvgIpc) is 3.22. The minimum Gasteiger partial charge on any atom is -0.480 e. The van der Waals surface area contributed by atoms with Crippen molar-refractivity contribution in [3.05, 3.63) is 29.8 Å². The Balaban J connectivity index is 2.24. The fraction of sp³-hybridized carbons (Fsp3) is 0.357. The lowest BCUT2D eigenvalue weighted by molar-refractivity contribution is -0.141. The highest BCUT2D eigenvalue weighted by atomic mass is 16.4. The first-order valence-corrected chi connectivity index (χ1v) is 6.62. The van der Waals surface area contributed by atoms with E-state index in [-0.39, 0.29) is 11.9 Å². The van der Waals surface area contributed by atoms with E-state index in [0.29, 0.717) is 11.3 Å². The molecule has 1 aromatic rings. The highest BCUT2D eigenvalue weighted by molar-refractivity contribution is 5.98. The first-order chi connectivity index (χ1) is 9.90. The van der Waals surface area contributed by atoms with Crippen LogP contribution in [0.1, 0.15) is 30.1 Å². The highest BCUT2D eigenvalue weighted by Crippen LogP contribution is 2.30. The SMILES string of the molecule is CC(C(=O)O)N(C(=O)c1cccc(NC(N)=O)c1)C1CC1. The smallest absolute Gasteiger partial charge is 0.326 e. The van der Waals surface area contributed by atoms with Crippen molar-refractivity contribution in [3.63, 3.8) is 0 Å². The van der Waals surface area contributed by atoms with E-state index in [0.717, 1.165) is 12.8 Å². The fourth-order valence-electron chi connectivity index (χ4n) is 2.15. The summed E-state index contributed by atoms with van der Waals surface area (Å²) in [6.45, 7) is 1.49. The van der Waals surface area contributed by atoms with Crippen molar-refractivity contribution < 1.29 is 19.5 Å². The van der Waals surface area contributed by atoms with Gasteiger partial charge >= 0.3 is 12.0 Å². The van der Waals surface area contributed by atoms with Crippen molar-refractivity contribution in [3.8, 4) is 0 Å². The van der Waals surface area contributed by atoms with Crippen LogP contribution in [-0.2, 0) is 4.79 Å². The minimum atomic E-state index is -1.04. The number of benzene rings is 1. The maximum Gasteiger partial charge on any atom is 0.326 e. The molecule has 7 nitrogen and oxygen atoms in total. The lowest BCUT2D eigenvalue weighted by Crippen LogP contribution is -2.44. The van der Waals surface area contributed by atoms with Crippen LogP contribution in [0.15, 0.2) is 24.3 Å². The molecule has 2 rings (SSSR count). The van der Waals surface area contributed by atoms with Gasteiger partial charge in [0, 0.05) is 17.3 Å². The Kier molecular flexibility index (Phi) is 4.11. The number of nitrogens with one attached hydrogen (secondary N) is 1. The number of primary amides is 1. The molecule has 0 spiro atoms. The summed E-state index contributed by atoms with van der Waals surface area (Å²) in [5.41, 5.74) is 5.75. The average molecular weight is 291 g/mol. The van der Waals surface area contributed by atoms with Crippen LogP contribution in [0.25, 0.3) is 0 Å². The van der Waals surface area contributed by atoms with Crippen LogP contribution in [0.5, 0.6) is 0 Å². The third kappa shape index (κ3) is 3.50. The second-order valence-electron chi connectivity index (χ2n) is 5.03. The predicted octanol–water partition coefficient (Wildman–Crippen LogP) is 1.25. The molecule has 0 aliphatic heterocycles. The van der Waals surface area contributed by atoms with Gasteiger partial charge in [-0.2, -0.15) is 0 Å². The Labute approximate surface area is 121 Å². The number of hydrogen-bond acceptors (Lipinski definition) is 3. The van der Waals surface area contributed by atoms with Crippen molar-refractivity contribution in [2.24, 2.45) is 5.73 Å². The summed E-state index contributed by atoms with van der Waals surface area (Å²) in [4.78, 5) is 35.9. The molecule has 0 radical (unpaired) electrons. The van der Waals surface area contributed by atoms with Gasteiger partial charge in [-0.15, -0.1) is 0 Å². The maximum absolute atomic E-state index is 12.5. The normalized spacial score (nSPS) is 15.1. The standard InChI is InChI=1S/C14H17N3O4/c1-8(13(19)20)17(11-5-6-11)12(18)9-3-2-4-10(7-9)16-14(15)21/h2-4,7-8,11H,5-6H2,1H3,(H,19,20)(H3,15,16,21). The van der Waals surface area contributed by atoms with E-state index in [9.17, 15) is 14.4 Å². The van der Waals surface area contributed by atoms with Crippen molar-refractivity contribution in [2.45, 2.75) is 31.8 Å². The van der Waals surface area contributed by atoms with Gasteiger partial charge in [-0.25, -0.2) is 9.59 Å². The molecule has 1 fully saturated rings. The van der Waals surface area contributed by atoms with E-state index in [1.165, 1.54) is 17.9 Å². The molecule has 21 heavy (non-hydrogen) atoms. The molecule has 3 amide bonds. The highest BCUT2D eigenvalue weighted by Gasteiger charge is 2.38. The first-order valence-electron chi connectivity index (χ1n) is 6.62. The van der Waals surface area contributed by atoms with Crippen LogP contribution in [0.2, 0.25) is 0 Å². The summed E-state index contributed by atoms with van der Waals surface area (Å²) in [7, 11) is 0. The number of rotatable bonds is 5. The van der Waals surface area contributed by atoms with Gasteiger partial charge in [0.25, 0.3) is 5.91 Å². The molecule has 1 aliphatic carbocycles. The molecule has 0 heterocycles. The lowest BCUT2D eigenvalue weighted by atomic mass is 10.1. The number of amides is 3. The summed E-state index contributed by atoms with van der Waals surface area (Å²) >= 11 is 0. The second kappa shape index (κ2) is 5.82. The van der Waals surface area contributed by atoms with Gasteiger partial charge in [0.1, 0.15) is 6.04 Å². The number of urea groups is 1. The Morgan fingerprint density at radius 2 is 2.05 bits per heavy atom. The van der Waals surface area contributed by atoms with Crippen molar-refractivity contribution >= 4 is 23.6 Å². The summed E-state index contributed by atoms with van der Waals surface area (Å²) in [6.07, 6.45) is 1.62. The predicted molar refractivity (Wildman–Crippen MR) is 75.9 cm³/mol. The van der Waals surface area contributed by atoms with Gasteiger partial charge in [-0.1, -0.05) is 6.07 Å². The summed E-state index contributed by atoms with van der Waals surface area (Å²) < 4.78 is 0. The minimum absolute atomic E-state index is 0.0312. The largest absolute Gasteiger partial charge is 0.480 e. The quantitative estimate of drug-likeness (QED) is 0.757. The summed E-state index contributed by atoms with van der Waals surface area (Å²) in [5.74, 6) is -1.40. The summed E-state index contributed by atoms with van der Waals surface area (Å²) in [5, 5.41) is 11.5. The molecule has 0 aromatic heterocycles. The molecular formula is C14H17N3O4. The van der Waals surface area contributed by atoms with Crippen molar-refractivity contribution in [1.29, 1.82) is 0 Å². The topological polar surface area (TPSA) is 113 Å². The lowest BCUT2D eigenvalue weighted by Gasteiger charge is -2.26. The van der Waals surface area contributed by atoms with Gasteiger partial charge in [0.15, 0.2) is 0 Å². The zero-order valence-corrected chi connectivity index (χ0v) is 11.6. The van der Waals surface area contributed by atoms with Gasteiger partial charge in [0.2, 0.25) is 0 Å². The van der Waals surface area contributed by atoms with E-state index >= 15 is 0 Å². The molecular weight excluding hydrogens is 274 g/mol. The molecule has 1 unspecified atom stereocenters. The van der Waals surface area contributed by atoms with E-state index in [4.69, 9.17) is 10.8 Å². The number of aliphatic carboxylic acids is 1. The molecule has 112 valence electrons. The number of carbonyl (C=O) groups excluding carboxylic acids is 2. The van der Waals surface area contributed by atoms with Gasteiger partial charge in [-0.3, -0.25) is 4.79 Å². The zero-order valence-electron chi connectivity index (χ0n) is 11.6. The zero-order chi connectivity index (χ0) is 15.6. The van der Waals surface area contributed by atoms with E-state index in [1.54, 1.807) is 18.2 Å². The van der Waals surface area contributed by atoms with Crippen LogP contribution in [0.4, 0.5) is 10.5 Å². The molecule has 7 heteroatoms. The number of nitrogens with zero attached hydrogens (tertiary/aromatic N) is 1. The first kappa shape index (κ1) is 14.8. The Hall–Kier alpha value is -2.57.